The molecule has 0 saturated heterocycles. The summed E-state index contributed by atoms with van der Waals surface area (Å²) >= 11 is 1.37. The summed E-state index contributed by atoms with van der Waals surface area (Å²) in [4.78, 5) is 24.0. The first-order chi connectivity index (χ1) is 11.5. The number of aliphatic imine (C=N–C) groups is 1. The molecule has 0 saturated carbocycles. The molecule has 2 heterocycles. The van der Waals surface area contributed by atoms with Gasteiger partial charge in [-0.2, -0.15) is 4.99 Å². The standard InChI is InChI=1S/C15H21N7OS.2ClH/c1-3-4-7-18-13(16)22-15-19-10(8-24-15)12-9(2)5-6-11(20-12)21-14(17)23;;/h5-6,8H,3-4,7H2,1-2H3,(H3,16,18,19,22)(H3,17,20,21,23);2*1H. The van der Waals surface area contributed by atoms with Gasteiger partial charge in [0.25, 0.3) is 0 Å². The van der Waals surface area contributed by atoms with Crippen molar-refractivity contribution in [1.82, 2.24) is 15.3 Å². The lowest BCUT2D eigenvalue weighted by Crippen LogP contribution is -2.31. The number of pyridine rings is 1. The van der Waals surface area contributed by atoms with Crippen molar-refractivity contribution in [1.29, 1.82) is 0 Å². The van der Waals surface area contributed by atoms with Gasteiger partial charge in [-0.15, -0.1) is 36.2 Å². The van der Waals surface area contributed by atoms with Crippen molar-refractivity contribution < 1.29 is 4.79 Å². The molecule has 0 aromatic carbocycles. The number of hydrogen-bond donors (Lipinski definition) is 4. The second-order valence-corrected chi connectivity index (χ2v) is 5.98. The molecule has 0 atom stereocenters. The predicted molar refractivity (Wildman–Crippen MR) is 112 cm³/mol. The number of aryl methyl sites for hydroxylation is 1. The molecule has 0 unspecified atom stereocenters. The third-order valence-electron chi connectivity index (χ3n) is 3.14. The van der Waals surface area contributed by atoms with Crippen molar-refractivity contribution in [3.8, 4) is 11.4 Å². The number of primary amides is 1. The van der Waals surface area contributed by atoms with Crippen molar-refractivity contribution >= 4 is 59.1 Å². The van der Waals surface area contributed by atoms with Gasteiger partial charge in [-0.25, -0.2) is 14.8 Å². The summed E-state index contributed by atoms with van der Waals surface area (Å²) in [5.74, 6) is 0.722. The van der Waals surface area contributed by atoms with E-state index in [0.29, 0.717) is 28.3 Å². The van der Waals surface area contributed by atoms with E-state index in [2.05, 4.69) is 32.5 Å². The smallest absolute Gasteiger partial charge is 0.317 e. The molecular formula is C15H23Cl2N7OS. The molecular weight excluding hydrogens is 397 g/mol. The van der Waals surface area contributed by atoms with Gasteiger partial charge >= 0.3 is 6.03 Å². The topological polar surface area (TPSA) is 131 Å². The molecule has 2 amide bonds. The highest BCUT2D eigenvalue weighted by molar-refractivity contribution is 7.13. The monoisotopic (exact) mass is 419 g/mol. The van der Waals surface area contributed by atoms with Gasteiger partial charge in [-0.3, -0.25) is 5.32 Å². The summed E-state index contributed by atoms with van der Waals surface area (Å²) in [5, 5.41) is 7.89. The number of thiazole rings is 1. The van der Waals surface area contributed by atoms with E-state index in [0.717, 1.165) is 24.9 Å². The van der Waals surface area contributed by atoms with Gasteiger partial charge in [0.15, 0.2) is 5.96 Å². The van der Waals surface area contributed by atoms with E-state index in [1.165, 1.54) is 11.3 Å². The van der Waals surface area contributed by atoms with Crippen LogP contribution in [0.2, 0.25) is 0 Å². The van der Waals surface area contributed by atoms with Crippen LogP contribution < -0.4 is 22.1 Å². The number of amides is 2. The highest BCUT2D eigenvalue weighted by Gasteiger charge is 2.10. The Morgan fingerprint density at radius 2 is 2.00 bits per heavy atom. The first-order valence-corrected chi connectivity index (χ1v) is 8.45. The molecule has 0 spiro atoms. The number of carbonyl (C=O) groups is 1. The van der Waals surface area contributed by atoms with Gasteiger partial charge in [0.05, 0.1) is 5.69 Å². The number of unbranched alkanes of at least 4 members (excludes halogenated alkanes) is 1. The van der Waals surface area contributed by atoms with E-state index >= 15 is 0 Å². The number of nitrogens with one attached hydrogen (secondary N) is 2. The average molecular weight is 420 g/mol. The van der Waals surface area contributed by atoms with Crippen LogP contribution in [0.1, 0.15) is 25.3 Å². The maximum absolute atomic E-state index is 11.0. The summed E-state index contributed by atoms with van der Waals surface area (Å²) in [6.07, 6.45) is 2.12. The van der Waals surface area contributed by atoms with Crippen LogP contribution in [-0.2, 0) is 0 Å². The molecule has 26 heavy (non-hydrogen) atoms. The quantitative estimate of drug-likeness (QED) is 0.324. The number of hydrogen-bond acceptors (Lipinski definition) is 5. The molecule has 0 bridgehead atoms. The molecule has 0 fully saturated rings. The van der Waals surface area contributed by atoms with E-state index in [-0.39, 0.29) is 24.8 Å². The Labute approximate surface area is 168 Å². The molecule has 0 aliphatic rings. The zero-order valence-corrected chi connectivity index (χ0v) is 16.9. The highest BCUT2D eigenvalue weighted by Crippen LogP contribution is 2.28. The minimum Gasteiger partial charge on any atom is -0.370 e. The van der Waals surface area contributed by atoms with Gasteiger partial charge in [0.1, 0.15) is 11.5 Å². The molecule has 0 radical (unpaired) electrons. The number of anilines is 1. The van der Waals surface area contributed by atoms with E-state index in [1.54, 1.807) is 6.07 Å². The third-order valence-corrected chi connectivity index (χ3v) is 3.87. The summed E-state index contributed by atoms with van der Waals surface area (Å²) < 4.78 is 0. The van der Waals surface area contributed by atoms with Crippen LogP contribution in [0, 0.1) is 6.92 Å². The Bertz CT molecular complexity index is 751. The van der Waals surface area contributed by atoms with E-state index < -0.39 is 6.03 Å². The van der Waals surface area contributed by atoms with Crippen molar-refractivity contribution in [3.63, 3.8) is 0 Å². The van der Waals surface area contributed by atoms with E-state index in [1.807, 2.05) is 18.4 Å². The second-order valence-electron chi connectivity index (χ2n) is 5.14. The number of guanidine groups is 1. The fourth-order valence-electron chi connectivity index (χ4n) is 1.94. The SMILES string of the molecule is CCCCNC(N)=Nc1nc(-c2nc(NC(N)=O)ccc2C)cs1.Cl.Cl. The molecule has 144 valence electrons. The molecule has 2 aromatic heterocycles. The predicted octanol–water partition coefficient (Wildman–Crippen LogP) is 3.18. The summed E-state index contributed by atoms with van der Waals surface area (Å²) in [7, 11) is 0. The average Bonchev–Trinajstić information content (AvgIpc) is 2.97. The maximum atomic E-state index is 11.0. The molecule has 2 rings (SSSR count). The first-order valence-electron chi connectivity index (χ1n) is 7.57. The number of rotatable bonds is 6. The minimum absolute atomic E-state index is 0. The zero-order chi connectivity index (χ0) is 17.5. The molecule has 2 aromatic rings. The first kappa shape index (κ1) is 23.9. The third kappa shape index (κ3) is 7.03. The van der Waals surface area contributed by atoms with Crippen LogP contribution in [0.25, 0.3) is 11.4 Å². The number of nitrogens with zero attached hydrogens (tertiary/aromatic N) is 3. The molecule has 0 aliphatic heterocycles. The van der Waals surface area contributed by atoms with Crippen LogP contribution in [0.4, 0.5) is 15.7 Å². The Hall–Kier alpha value is -2.10. The van der Waals surface area contributed by atoms with Crippen molar-refractivity contribution in [2.24, 2.45) is 16.5 Å². The van der Waals surface area contributed by atoms with Crippen LogP contribution >= 0.6 is 36.2 Å². The number of nitrogens with two attached hydrogens (primary N) is 2. The fourth-order valence-corrected chi connectivity index (χ4v) is 2.63. The van der Waals surface area contributed by atoms with Crippen LogP contribution in [0.3, 0.4) is 0 Å². The van der Waals surface area contributed by atoms with Crippen LogP contribution in [0.15, 0.2) is 22.5 Å². The normalized spacial score (nSPS) is 10.5. The van der Waals surface area contributed by atoms with Gasteiger partial charge < -0.3 is 16.8 Å². The van der Waals surface area contributed by atoms with Gasteiger partial charge in [0.2, 0.25) is 5.13 Å². The fraction of sp³-hybridized carbons (Fsp3) is 0.333. The number of urea groups is 1. The number of halogens is 2. The summed E-state index contributed by atoms with van der Waals surface area (Å²) in [6.45, 7) is 4.81. The lowest BCUT2D eigenvalue weighted by atomic mass is 10.2. The number of aromatic nitrogens is 2. The van der Waals surface area contributed by atoms with E-state index in [9.17, 15) is 4.79 Å². The Morgan fingerprint density at radius 1 is 1.27 bits per heavy atom. The summed E-state index contributed by atoms with van der Waals surface area (Å²) in [5.41, 5.74) is 13.2. The number of carbonyl (C=O) groups excluding carboxylic acids is 1. The van der Waals surface area contributed by atoms with Gasteiger partial charge in [0, 0.05) is 11.9 Å². The zero-order valence-electron chi connectivity index (χ0n) is 14.5. The molecule has 0 aliphatic carbocycles. The summed E-state index contributed by atoms with van der Waals surface area (Å²) in [6, 6.07) is 2.87. The van der Waals surface area contributed by atoms with Crippen molar-refractivity contribution in [2.75, 3.05) is 11.9 Å². The highest BCUT2D eigenvalue weighted by atomic mass is 35.5. The van der Waals surface area contributed by atoms with Crippen molar-refractivity contribution in [2.45, 2.75) is 26.7 Å². The maximum Gasteiger partial charge on any atom is 0.317 e. The van der Waals surface area contributed by atoms with Crippen molar-refractivity contribution in [3.05, 3.63) is 23.1 Å². The second kappa shape index (κ2) is 11.5. The lowest BCUT2D eigenvalue weighted by molar-refractivity contribution is 0.259. The Balaban J connectivity index is 0.00000312. The van der Waals surface area contributed by atoms with Crippen LogP contribution in [-0.4, -0.2) is 28.5 Å². The largest absolute Gasteiger partial charge is 0.370 e. The van der Waals surface area contributed by atoms with Crippen LogP contribution in [0.5, 0.6) is 0 Å². The molecule has 8 nitrogen and oxygen atoms in total. The van der Waals surface area contributed by atoms with E-state index in [4.69, 9.17) is 11.5 Å². The Kier molecular flexibility index (Phi) is 10.6. The lowest BCUT2D eigenvalue weighted by Gasteiger charge is -2.06. The minimum atomic E-state index is -0.660. The molecule has 11 heteroatoms. The van der Waals surface area contributed by atoms with Gasteiger partial charge in [-0.05, 0) is 25.0 Å². The Morgan fingerprint density at radius 3 is 2.65 bits per heavy atom. The van der Waals surface area contributed by atoms with Gasteiger partial charge in [-0.1, -0.05) is 19.4 Å². The molecule has 6 N–H and O–H groups in total.